The van der Waals surface area contributed by atoms with E-state index in [0.29, 0.717) is 13.0 Å². The number of piperidine rings is 1. The summed E-state index contributed by atoms with van der Waals surface area (Å²) >= 11 is 0. The molecule has 16 heavy (non-hydrogen) atoms. The van der Waals surface area contributed by atoms with Gasteiger partial charge in [0.05, 0.1) is 6.10 Å². The number of carbonyl (C=O) groups excluding carboxylic acids is 1. The molecule has 1 fully saturated rings. The van der Waals surface area contributed by atoms with Crippen molar-refractivity contribution in [2.24, 2.45) is 11.8 Å². The van der Waals surface area contributed by atoms with Crippen molar-refractivity contribution in [3.05, 3.63) is 0 Å². The molecule has 1 unspecified atom stereocenters. The van der Waals surface area contributed by atoms with Gasteiger partial charge in [0.15, 0.2) is 0 Å². The van der Waals surface area contributed by atoms with Crippen LogP contribution in [0.4, 0.5) is 0 Å². The molecule has 1 atom stereocenters. The molecule has 0 bridgehead atoms. The van der Waals surface area contributed by atoms with E-state index in [1.165, 1.54) is 0 Å². The lowest BCUT2D eigenvalue weighted by atomic mass is 9.97. The fourth-order valence-corrected chi connectivity index (χ4v) is 1.91. The first kappa shape index (κ1) is 13.5. The number of hydrogen-bond acceptors (Lipinski definition) is 3. The van der Waals surface area contributed by atoms with E-state index >= 15 is 0 Å². The fraction of sp³-hybridized carbons (Fsp3) is 0.917. The Hall–Kier alpha value is -0.610. The number of aliphatic hydroxyl groups excluding tert-OH is 1. The predicted octanol–water partition coefficient (Wildman–Crippen LogP) is 0.509. The molecule has 1 rings (SSSR count). The lowest BCUT2D eigenvalue weighted by Gasteiger charge is -2.22. The van der Waals surface area contributed by atoms with E-state index in [4.69, 9.17) is 0 Å². The second-order valence-corrected chi connectivity index (χ2v) is 4.92. The van der Waals surface area contributed by atoms with Gasteiger partial charge in [-0.15, -0.1) is 0 Å². The van der Waals surface area contributed by atoms with Gasteiger partial charge in [-0.1, -0.05) is 13.8 Å². The summed E-state index contributed by atoms with van der Waals surface area (Å²) < 4.78 is 0. The van der Waals surface area contributed by atoms with Crippen LogP contribution in [0.3, 0.4) is 0 Å². The SMILES string of the molecule is CC(C)C(O)CCNC(=O)C1CCNCC1. The molecule has 1 aliphatic rings. The van der Waals surface area contributed by atoms with E-state index < -0.39 is 0 Å². The zero-order valence-electron chi connectivity index (χ0n) is 10.3. The molecule has 0 aliphatic carbocycles. The lowest BCUT2D eigenvalue weighted by molar-refractivity contribution is -0.125. The molecule has 1 amide bonds. The summed E-state index contributed by atoms with van der Waals surface area (Å²) in [5, 5.41) is 15.7. The van der Waals surface area contributed by atoms with Gasteiger partial charge in [-0.2, -0.15) is 0 Å². The normalized spacial score (nSPS) is 19.8. The summed E-state index contributed by atoms with van der Waals surface area (Å²) in [4.78, 5) is 11.7. The summed E-state index contributed by atoms with van der Waals surface area (Å²) in [5.74, 6) is 0.575. The van der Waals surface area contributed by atoms with Crippen molar-refractivity contribution in [2.75, 3.05) is 19.6 Å². The van der Waals surface area contributed by atoms with Crippen LogP contribution in [0.5, 0.6) is 0 Å². The molecule has 1 heterocycles. The van der Waals surface area contributed by atoms with Crippen LogP contribution in [-0.4, -0.2) is 36.8 Å². The summed E-state index contributed by atoms with van der Waals surface area (Å²) in [6.45, 7) is 6.43. The molecule has 0 aromatic heterocycles. The van der Waals surface area contributed by atoms with Crippen LogP contribution in [0.25, 0.3) is 0 Å². The van der Waals surface area contributed by atoms with Crippen LogP contribution in [-0.2, 0) is 4.79 Å². The van der Waals surface area contributed by atoms with Crippen molar-refractivity contribution in [1.29, 1.82) is 0 Å². The monoisotopic (exact) mass is 228 g/mol. The smallest absolute Gasteiger partial charge is 0.223 e. The Bertz CT molecular complexity index is 213. The van der Waals surface area contributed by atoms with Gasteiger partial charge in [0.1, 0.15) is 0 Å². The molecular weight excluding hydrogens is 204 g/mol. The van der Waals surface area contributed by atoms with Crippen LogP contribution in [0, 0.1) is 11.8 Å². The minimum Gasteiger partial charge on any atom is -0.393 e. The van der Waals surface area contributed by atoms with Crippen LogP contribution in [0.2, 0.25) is 0 Å². The van der Waals surface area contributed by atoms with Gasteiger partial charge in [0.25, 0.3) is 0 Å². The van der Waals surface area contributed by atoms with E-state index in [2.05, 4.69) is 10.6 Å². The molecule has 4 heteroatoms. The first-order valence-electron chi connectivity index (χ1n) is 6.27. The molecular formula is C12H24N2O2. The highest BCUT2D eigenvalue weighted by Gasteiger charge is 2.20. The largest absolute Gasteiger partial charge is 0.393 e. The number of nitrogens with one attached hydrogen (secondary N) is 2. The second-order valence-electron chi connectivity index (χ2n) is 4.92. The van der Waals surface area contributed by atoms with Crippen molar-refractivity contribution >= 4 is 5.91 Å². The Morgan fingerprint density at radius 1 is 1.44 bits per heavy atom. The average Bonchev–Trinajstić information content (AvgIpc) is 2.29. The zero-order chi connectivity index (χ0) is 12.0. The Balaban J connectivity index is 2.14. The van der Waals surface area contributed by atoms with E-state index in [0.717, 1.165) is 25.9 Å². The Morgan fingerprint density at radius 3 is 2.62 bits per heavy atom. The van der Waals surface area contributed by atoms with Gasteiger partial charge >= 0.3 is 0 Å². The molecule has 0 aromatic rings. The molecule has 3 N–H and O–H groups in total. The van der Waals surface area contributed by atoms with E-state index in [9.17, 15) is 9.90 Å². The number of carbonyl (C=O) groups is 1. The van der Waals surface area contributed by atoms with Gasteiger partial charge in [-0.3, -0.25) is 4.79 Å². The topological polar surface area (TPSA) is 61.4 Å². The summed E-state index contributed by atoms with van der Waals surface area (Å²) in [6.07, 6.45) is 2.19. The molecule has 94 valence electrons. The number of aliphatic hydroxyl groups is 1. The van der Waals surface area contributed by atoms with Gasteiger partial charge in [-0.05, 0) is 38.3 Å². The standard InChI is InChI=1S/C12H24N2O2/c1-9(2)11(15)5-8-14-12(16)10-3-6-13-7-4-10/h9-11,13,15H,3-8H2,1-2H3,(H,14,16). The summed E-state index contributed by atoms with van der Waals surface area (Å²) in [5.41, 5.74) is 0. The number of hydrogen-bond donors (Lipinski definition) is 3. The van der Waals surface area contributed by atoms with Gasteiger partial charge in [0.2, 0.25) is 5.91 Å². The van der Waals surface area contributed by atoms with Crippen LogP contribution >= 0.6 is 0 Å². The van der Waals surface area contributed by atoms with Crippen LogP contribution in [0.15, 0.2) is 0 Å². The van der Waals surface area contributed by atoms with Crippen LogP contribution < -0.4 is 10.6 Å². The van der Waals surface area contributed by atoms with Crippen molar-refractivity contribution < 1.29 is 9.90 Å². The third-order valence-electron chi connectivity index (χ3n) is 3.22. The highest BCUT2D eigenvalue weighted by atomic mass is 16.3. The number of rotatable bonds is 5. The highest BCUT2D eigenvalue weighted by Crippen LogP contribution is 2.11. The van der Waals surface area contributed by atoms with E-state index in [-0.39, 0.29) is 23.8 Å². The molecule has 1 saturated heterocycles. The summed E-state index contributed by atoms with van der Waals surface area (Å²) in [6, 6.07) is 0. The Labute approximate surface area is 97.8 Å². The van der Waals surface area contributed by atoms with E-state index in [1.807, 2.05) is 13.8 Å². The van der Waals surface area contributed by atoms with Crippen molar-refractivity contribution in [3.8, 4) is 0 Å². The van der Waals surface area contributed by atoms with Gasteiger partial charge in [-0.25, -0.2) is 0 Å². The highest BCUT2D eigenvalue weighted by molar-refractivity contribution is 5.78. The van der Waals surface area contributed by atoms with E-state index in [1.54, 1.807) is 0 Å². The maximum Gasteiger partial charge on any atom is 0.223 e. The number of amides is 1. The molecule has 0 spiro atoms. The van der Waals surface area contributed by atoms with Gasteiger partial charge < -0.3 is 15.7 Å². The maximum atomic E-state index is 11.7. The van der Waals surface area contributed by atoms with Crippen molar-refractivity contribution in [1.82, 2.24) is 10.6 Å². The average molecular weight is 228 g/mol. The third-order valence-corrected chi connectivity index (χ3v) is 3.22. The van der Waals surface area contributed by atoms with Crippen molar-refractivity contribution in [2.45, 2.75) is 39.2 Å². The lowest BCUT2D eigenvalue weighted by Crippen LogP contribution is -2.39. The predicted molar refractivity (Wildman–Crippen MR) is 64.1 cm³/mol. The second kappa shape index (κ2) is 6.86. The molecule has 0 saturated carbocycles. The maximum absolute atomic E-state index is 11.7. The van der Waals surface area contributed by atoms with Crippen LogP contribution in [0.1, 0.15) is 33.1 Å². The Morgan fingerprint density at radius 2 is 2.06 bits per heavy atom. The molecule has 0 radical (unpaired) electrons. The van der Waals surface area contributed by atoms with Crippen molar-refractivity contribution in [3.63, 3.8) is 0 Å². The minimum absolute atomic E-state index is 0.150. The quantitative estimate of drug-likeness (QED) is 0.642. The third kappa shape index (κ3) is 4.49. The molecule has 1 aliphatic heterocycles. The van der Waals surface area contributed by atoms with Gasteiger partial charge in [0, 0.05) is 12.5 Å². The zero-order valence-corrected chi connectivity index (χ0v) is 10.3. The fourth-order valence-electron chi connectivity index (χ4n) is 1.91. The first-order valence-corrected chi connectivity index (χ1v) is 6.27. The summed E-state index contributed by atoms with van der Waals surface area (Å²) in [7, 11) is 0. The Kier molecular flexibility index (Phi) is 5.77. The minimum atomic E-state index is -0.312. The molecule has 4 nitrogen and oxygen atoms in total. The molecule has 0 aromatic carbocycles. The first-order chi connectivity index (χ1) is 7.61.